The van der Waals surface area contributed by atoms with Crippen molar-refractivity contribution < 1.29 is 14.6 Å². The number of hydrogen-bond donors (Lipinski definition) is 2. The molecule has 174 valence electrons. The molecule has 0 saturated heterocycles. The van der Waals surface area contributed by atoms with Crippen LogP contribution in [0.1, 0.15) is 38.0 Å². The monoisotopic (exact) mass is 474 g/mol. The minimum Gasteiger partial charge on any atom is -0.479 e. The van der Waals surface area contributed by atoms with Crippen LogP contribution in [0.15, 0.2) is 66.9 Å². The molecule has 3 aromatic carbocycles. The van der Waals surface area contributed by atoms with Crippen LogP contribution in [0.5, 0.6) is 0 Å². The summed E-state index contributed by atoms with van der Waals surface area (Å²) in [7, 11) is 0. The lowest BCUT2D eigenvalue weighted by atomic mass is 9.82. The molecule has 1 unspecified atom stereocenters. The van der Waals surface area contributed by atoms with Gasteiger partial charge in [0.05, 0.1) is 5.60 Å². The van der Waals surface area contributed by atoms with Crippen LogP contribution < -0.4 is 5.73 Å². The van der Waals surface area contributed by atoms with Gasteiger partial charge in [0, 0.05) is 22.3 Å². The third-order valence-corrected chi connectivity index (χ3v) is 5.93. The van der Waals surface area contributed by atoms with Gasteiger partial charge < -0.3 is 15.6 Å². The average molecular weight is 475 g/mol. The van der Waals surface area contributed by atoms with E-state index in [0.29, 0.717) is 16.4 Å². The first kappa shape index (κ1) is 23.7. The van der Waals surface area contributed by atoms with Crippen molar-refractivity contribution in [1.29, 1.82) is 0 Å². The quantitative estimate of drug-likeness (QED) is 0.323. The lowest BCUT2D eigenvalue weighted by Crippen LogP contribution is -2.28. The molecule has 5 nitrogen and oxygen atoms in total. The Morgan fingerprint density at radius 3 is 2.09 bits per heavy atom. The van der Waals surface area contributed by atoms with E-state index in [1.807, 2.05) is 82.3 Å². The van der Waals surface area contributed by atoms with Gasteiger partial charge in [-0.3, -0.25) is 0 Å². The second-order valence-corrected chi connectivity index (χ2v) is 9.70. The highest BCUT2D eigenvalue weighted by Gasteiger charge is 2.33. The van der Waals surface area contributed by atoms with E-state index in [2.05, 4.69) is 4.98 Å². The smallest absolute Gasteiger partial charge is 0.337 e. The number of ether oxygens (including phenoxy) is 1. The predicted molar refractivity (Wildman–Crippen MR) is 138 cm³/mol. The van der Waals surface area contributed by atoms with Crippen molar-refractivity contribution in [3.63, 3.8) is 0 Å². The standard InChI is InChI=1S/C28H27ClN2O3/c1-16-23(18-11-14-22(30)31-15-18)20-7-5-6-8-21(20)25(17-9-12-19(29)13-10-17)24(16)26(27(32)33)34-28(2,3)4/h5-15,26H,1-4H3,(H2,30,31)(H,32,33). The maximum Gasteiger partial charge on any atom is 0.337 e. The molecule has 1 atom stereocenters. The van der Waals surface area contributed by atoms with Gasteiger partial charge >= 0.3 is 5.97 Å². The highest BCUT2D eigenvalue weighted by molar-refractivity contribution is 6.30. The van der Waals surface area contributed by atoms with Crippen LogP contribution in [0.4, 0.5) is 5.82 Å². The molecule has 0 amide bonds. The van der Waals surface area contributed by atoms with Gasteiger partial charge in [0.1, 0.15) is 5.82 Å². The number of nitrogen functional groups attached to an aromatic ring is 1. The first-order valence-corrected chi connectivity index (χ1v) is 11.4. The number of aliphatic carboxylic acids is 1. The van der Waals surface area contributed by atoms with Crippen LogP contribution in [-0.4, -0.2) is 21.7 Å². The summed E-state index contributed by atoms with van der Waals surface area (Å²) in [6, 6.07) is 19.1. The van der Waals surface area contributed by atoms with Crippen LogP contribution in [0, 0.1) is 6.92 Å². The van der Waals surface area contributed by atoms with E-state index in [4.69, 9.17) is 22.1 Å². The molecule has 4 aromatic rings. The minimum absolute atomic E-state index is 0.420. The molecule has 3 N–H and O–H groups in total. The fourth-order valence-corrected chi connectivity index (χ4v) is 4.48. The summed E-state index contributed by atoms with van der Waals surface area (Å²) >= 11 is 6.17. The lowest BCUT2D eigenvalue weighted by molar-refractivity contribution is -0.160. The fraction of sp³-hybridized carbons (Fsp3) is 0.214. The molecule has 4 rings (SSSR count). The number of hydrogen-bond acceptors (Lipinski definition) is 4. The van der Waals surface area contributed by atoms with Gasteiger partial charge in [0.2, 0.25) is 0 Å². The molecule has 0 radical (unpaired) electrons. The van der Waals surface area contributed by atoms with Gasteiger partial charge in [-0.25, -0.2) is 9.78 Å². The van der Waals surface area contributed by atoms with Gasteiger partial charge in [0.15, 0.2) is 6.10 Å². The average Bonchev–Trinajstić information content (AvgIpc) is 2.78. The number of fused-ring (bicyclic) bond motifs is 1. The van der Waals surface area contributed by atoms with Gasteiger partial charge in [-0.15, -0.1) is 0 Å². The van der Waals surface area contributed by atoms with Gasteiger partial charge in [-0.1, -0.05) is 48.0 Å². The Bertz CT molecular complexity index is 1360. The van der Waals surface area contributed by atoms with Crippen LogP contribution in [-0.2, 0) is 9.53 Å². The number of nitrogens with zero attached hydrogens (tertiary/aromatic N) is 1. The molecule has 0 fully saturated rings. The number of nitrogens with two attached hydrogens (primary N) is 1. The van der Waals surface area contributed by atoms with E-state index in [9.17, 15) is 9.90 Å². The van der Waals surface area contributed by atoms with Crippen molar-refractivity contribution in [2.24, 2.45) is 0 Å². The number of carboxylic acid groups (broad SMARTS) is 1. The molecule has 0 spiro atoms. The number of rotatable bonds is 5. The van der Waals surface area contributed by atoms with E-state index in [1.54, 1.807) is 12.3 Å². The highest BCUT2D eigenvalue weighted by Crippen LogP contribution is 2.45. The Morgan fingerprint density at radius 1 is 0.971 bits per heavy atom. The summed E-state index contributed by atoms with van der Waals surface area (Å²) in [6.45, 7) is 7.50. The third-order valence-electron chi connectivity index (χ3n) is 5.68. The summed E-state index contributed by atoms with van der Waals surface area (Å²) in [4.78, 5) is 16.9. The van der Waals surface area contributed by atoms with Gasteiger partial charge in [-0.05, 0) is 85.0 Å². The topological polar surface area (TPSA) is 85.4 Å². The second-order valence-electron chi connectivity index (χ2n) is 9.26. The molecule has 0 aliphatic carbocycles. The molecular weight excluding hydrogens is 448 g/mol. The van der Waals surface area contributed by atoms with E-state index in [1.165, 1.54) is 0 Å². The van der Waals surface area contributed by atoms with Crippen LogP contribution in [0.25, 0.3) is 33.0 Å². The fourth-order valence-electron chi connectivity index (χ4n) is 4.36. The molecule has 6 heteroatoms. The first-order valence-electron chi connectivity index (χ1n) is 11.0. The predicted octanol–water partition coefficient (Wildman–Crippen LogP) is 7.05. The summed E-state index contributed by atoms with van der Waals surface area (Å²) in [5.74, 6) is -0.631. The molecule has 34 heavy (non-hydrogen) atoms. The Hall–Kier alpha value is -3.41. The van der Waals surface area contributed by atoms with Crippen molar-refractivity contribution in [2.75, 3.05) is 5.73 Å². The summed E-state index contributed by atoms with van der Waals surface area (Å²) in [5, 5.41) is 12.8. The van der Waals surface area contributed by atoms with Gasteiger partial charge in [-0.2, -0.15) is 0 Å². The molecule has 0 aliphatic heterocycles. The van der Waals surface area contributed by atoms with Crippen molar-refractivity contribution in [1.82, 2.24) is 4.98 Å². The number of anilines is 1. The maximum atomic E-state index is 12.6. The summed E-state index contributed by atoms with van der Waals surface area (Å²) in [5.41, 5.74) is 10.0. The van der Waals surface area contributed by atoms with Crippen molar-refractivity contribution in [2.45, 2.75) is 39.4 Å². The Labute approximate surface area is 204 Å². The second kappa shape index (κ2) is 9.09. The molecule has 0 bridgehead atoms. The molecule has 1 aromatic heterocycles. The third kappa shape index (κ3) is 4.63. The SMILES string of the molecule is Cc1c(C(OC(C)(C)C)C(=O)O)c(-c2ccc(Cl)cc2)c2ccccc2c1-c1ccc(N)nc1. The lowest BCUT2D eigenvalue weighted by Gasteiger charge is -2.30. The van der Waals surface area contributed by atoms with E-state index < -0.39 is 17.7 Å². The maximum absolute atomic E-state index is 12.6. The Morgan fingerprint density at radius 2 is 1.56 bits per heavy atom. The number of carboxylic acids is 1. The normalized spacial score (nSPS) is 12.6. The molecule has 1 heterocycles. The van der Waals surface area contributed by atoms with E-state index in [0.717, 1.165) is 38.6 Å². The molecule has 0 saturated carbocycles. The van der Waals surface area contributed by atoms with Gasteiger partial charge in [0.25, 0.3) is 0 Å². The van der Waals surface area contributed by atoms with Crippen molar-refractivity contribution in [3.8, 4) is 22.3 Å². The number of benzene rings is 3. The number of pyridine rings is 1. The molecule has 0 aliphatic rings. The number of aromatic nitrogens is 1. The number of halogens is 1. The van der Waals surface area contributed by atoms with E-state index in [-0.39, 0.29) is 0 Å². The van der Waals surface area contributed by atoms with Crippen LogP contribution >= 0.6 is 11.6 Å². The van der Waals surface area contributed by atoms with Crippen LogP contribution in [0.2, 0.25) is 5.02 Å². The zero-order chi connectivity index (χ0) is 24.6. The number of carbonyl (C=O) groups is 1. The van der Waals surface area contributed by atoms with Crippen molar-refractivity contribution >= 4 is 34.2 Å². The van der Waals surface area contributed by atoms with E-state index >= 15 is 0 Å². The zero-order valence-corrected chi connectivity index (χ0v) is 20.4. The zero-order valence-electron chi connectivity index (χ0n) is 19.6. The van der Waals surface area contributed by atoms with Crippen LogP contribution in [0.3, 0.4) is 0 Å². The minimum atomic E-state index is -1.18. The summed E-state index contributed by atoms with van der Waals surface area (Å²) in [6.07, 6.45) is 0.534. The van der Waals surface area contributed by atoms with Crippen molar-refractivity contribution in [3.05, 3.63) is 83.0 Å². The highest BCUT2D eigenvalue weighted by atomic mass is 35.5. The summed E-state index contributed by atoms with van der Waals surface area (Å²) < 4.78 is 6.15. The first-order chi connectivity index (χ1) is 16.1. The molecular formula is C28H27ClN2O3. The largest absolute Gasteiger partial charge is 0.479 e. The Balaban J connectivity index is 2.17. The Kier molecular flexibility index (Phi) is 6.34.